The number of piperidine rings is 1. The van der Waals surface area contributed by atoms with Crippen molar-refractivity contribution in [2.45, 2.75) is 18.8 Å². The highest BCUT2D eigenvalue weighted by Crippen LogP contribution is 2.38. The average molecular weight is 503 g/mol. The van der Waals surface area contributed by atoms with Gasteiger partial charge < -0.3 is 20.3 Å². The maximum absolute atomic E-state index is 15.0. The Kier molecular flexibility index (Phi) is 6.97. The van der Waals surface area contributed by atoms with E-state index in [0.717, 1.165) is 46.6 Å². The Morgan fingerprint density at radius 1 is 1.17 bits per heavy atom. The zero-order valence-corrected chi connectivity index (χ0v) is 20.8. The standard InChI is InChI=1S/C28H27FN4O2S/c1-3-26(34)31-19-5-4-6-21(15-19)35-28-23-17-27(36-25(23)9-12-30-28)32-20-7-8-22(24(29)16-20)18-10-13-33(2)14-11-18/h3-9,12,15-18,32H,1,10-11,13-14H2,2H3,(H,31,34). The molecule has 0 spiro atoms. The first-order valence-electron chi connectivity index (χ1n) is 11.8. The fourth-order valence-corrected chi connectivity index (χ4v) is 5.39. The lowest BCUT2D eigenvalue weighted by Crippen LogP contribution is -2.29. The molecule has 1 fully saturated rings. The first-order chi connectivity index (χ1) is 17.5. The largest absolute Gasteiger partial charge is 0.438 e. The van der Waals surface area contributed by atoms with Crippen LogP contribution in [0.5, 0.6) is 11.6 Å². The molecule has 6 nitrogen and oxygen atoms in total. The van der Waals surface area contributed by atoms with Crippen LogP contribution in [0.1, 0.15) is 24.3 Å². The van der Waals surface area contributed by atoms with E-state index in [1.54, 1.807) is 47.9 Å². The van der Waals surface area contributed by atoms with Crippen LogP contribution in [-0.2, 0) is 4.79 Å². The van der Waals surface area contributed by atoms with Gasteiger partial charge in [-0.2, -0.15) is 0 Å². The minimum atomic E-state index is -0.295. The molecule has 3 heterocycles. The van der Waals surface area contributed by atoms with Gasteiger partial charge in [0.2, 0.25) is 11.8 Å². The number of fused-ring (bicyclic) bond motifs is 1. The molecule has 4 aromatic rings. The van der Waals surface area contributed by atoms with Crippen LogP contribution in [0, 0.1) is 5.82 Å². The molecule has 2 aromatic carbocycles. The predicted molar refractivity (Wildman–Crippen MR) is 144 cm³/mol. The number of aromatic nitrogens is 1. The lowest BCUT2D eigenvalue weighted by atomic mass is 9.89. The van der Waals surface area contributed by atoms with E-state index in [9.17, 15) is 9.18 Å². The summed E-state index contributed by atoms with van der Waals surface area (Å²) < 4.78 is 22.0. The summed E-state index contributed by atoms with van der Waals surface area (Å²) in [7, 11) is 2.11. The van der Waals surface area contributed by atoms with Crippen LogP contribution in [0.25, 0.3) is 10.1 Å². The van der Waals surface area contributed by atoms with Gasteiger partial charge in [-0.25, -0.2) is 9.37 Å². The fourth-order valence-electron chi connectivity index (χ4n) is 4.42. The van der Waals surface area contributed by atoms with Crippen molar-refractivity contribution >= 4 is 43.7 Å². The second-order valence-corrected chi connectivity index (χ2v) is 9.98. The molecular weight excluding hydrogens is 475 g/mol. The monoisotopic (exact) mass is 502 g/mol. The summed E-state index contributed by atoms with van der Waals surface area (Å²) in [5, 5.41) is 7.75. The van der Waals surface area contributed by atoms with Gasteiger partial charge in [0.15, 0.2) is 0 Å². The third-order valence-corrected chi connectivity index (χ3v) is 7.35. The first-order valence-corrected chi connectivity index (χ1v) is 12.6. The van der Waals surface area contributed by atoms with Crippen molar-refractivity contribution in [1.29, 1.82) is 0 Å². The summed E-state index contributed by atoms with van der Waals surface area (Å²) in [5.41, 5.74) is 2.11. The molecule has 184 valence electrons. The quantitative estimate of drug-likeness (QED) is 0.269. The van der Waals surface area contributed by atoms with Crippen molar-refractivity contribution in [2.75, 3.05) is 30.8 Å². The van der Waals surface area contributed by atoms with Crippen molar-refractivity contribution in [3.05, 3.63) is 84.8 Å². The zero-order valence-electron chi connectivity index (χ0n) is 20.0. The Morgan fingerprint density at radius 3 is 2.78 bits per heavy atom. The van der Waals surface area contributed by atoms with Gasteiger partial charge in [-0.3, -0.25) is 4.79 Å². The van der Waals surface area contributed by atoms with Crippen LogP contribution in [0.4, 0.5) is 20.8 Å². The highest BCUT2D eigenvalue weighted by Gasteiger charge is 2.21. The molecule has 0 aliphatic carbocycles. The Morgan fingerprint density at radius 2 is 2.00 bits per heavy atom. The number of carbonyl (C=O) groups excluding carboxylic acids is 1. The van der Waals surface area contributed by atoms with Gasteiger partial charge in [0, 0.05) is 28.3 Å². The molecule has 0 bridgehead atoms. The number of ether oxygens (including phenoxy) is 1. The van der Waals surface area contributed by atoms with E-state index < -0.39 is 0 Å². The summed E-state index contributed by atoms with van der Waals surface area (Å²) in [6, 6.07) is 16.4. The van der Waals surface area contributed by atoms with Gasteiger partial charge in [-0.05, 0) is 86.9 Å². The lowest BCUT2D eigenvalue weighted by Gasteiger charge is -2.29. The molecule has 1 aliphatic rings. The Labute approximate surface area is 213 Å². The van der Waals surface area contributed by atoms with Crippen LogP contribution < -0.4 is 15.4 Å². The van der Waals surface area contributed by atoms with Gasteiger partial charge in [0.1, 0.15) is 11.6 Å². The first kappa shape index (κ1) is 24.0. The second kappa shape index (κ2) is 10.5. The SMILES string of the molecule is C=CC(=O)Nc1cccc(Oc2nccc3sc(Nc4ccc(C5CCN(C)CC5)c(F)c4)cc23)c1. The molecule has 5 rings (SSSR count). The summed E-state index contributed by atoms with van der Waals surface area (Å²) in [5.74, 6) is 0.812. The summed E-state index contributed by atoms with van der Waals surface area (Å²) in [6.07, 6.45) is 4.87. The van der Waals surface area contributed by atoms with E-state index in [2.05, 4.69) is 34.1 Å². The number of hydrogen-bond acceptors (Lipinski definition) is 6. The topological polar surface area (TPSA) is 66.5 Å². The van der Waals surface area contributed by atoms with Gasteiger partial charge in [-0.15, -0.1) is 11.3 Å². The number of halogens is 1. The molecule has 1 saturated heterocycles. The number of thiophene rings is 1. The van der Waals surface area contributed by atoms with Gasteiger partial charge in [0.05, 0.1) is 10.4 Å². The zero-order chi connectivity index (χ0) is 25.1. The van der Waals surface area contributed by atoms with E-state index in [-0.39, 0.29) is 17.6 Å². The van der Waals surface area contributed by atoms with Crippen LogP contribution in [-0.4, -0.2) is 35.9 Å². The minimum Gasteiger partial charge on any atom is -0.438 e. The highest BCUT2D eigenvalue weighted by molar-refractivity contribution is 7.22. The Balaban J connectivity index is 1.33. The van der Waals surface area contributed by atoms with Crippen molar-refractivity contribution in [1.82, 2.24) is 9.88 Å². The number of pyridine rings is 1. The highest BCUT2D eigenvalue weighted by atomic mass is 32.1. The summed E-state index contributed by atoms with van der Waals surface area (Å²) in [4.78, 5) is 18.3. The smallest absolute Gasteiger partial charge is 0.247 e. The van der Waals surface area contributed by atoms with Crippen LogP contribution in [0.15, 0.2) is 73.4 Å². The molecule has 36 heavy (non-hydrogen) atoms. The molecule has 1 amide bonds. The molecule has 2 N–H and O–H groups in total. The number of rotatable bonds is 7. The van der Waals surface area contributed by atoms with Gasteiger partial charge >= 0.3 is 0 Å². The third-order valence-electron chi connectivity index (χ3n) is 6.34. The van der Waals surface area contributed by atoms with Crippen molar-refractivity contribution < 1.29 is 13.9 Å². The molecule has 0 unspecified atom stereocenters. The number of amides is 1. The second-order valence-electron chi connectivity index (χ2n) is 8.90. The fraction of sp³-hybridized carbons (Fsp3) is 0.214. The number of hydrogen-bond donors (Lipinski definition) is 2. The molecule has 0 saturated carbocycles. The molecule has 0 atom stereocenters. The minimum absolute atomic E-state index is 0.162. The van der Waals surface area contributed by atoms with E-state index >= 15 is 0 Å². The number of anilines is 3. The average Bonchev–Trinajstić information content (AvgIpc) is 3.28. The molecular formula is C28H27FN4O2S. The number of likely N-dealkylation sites (tertiary alicyclic amines) is 1. The lowest BCUT2D eigenvalue weighted by molar-refractivity contribution is -0.111. The van der Waals surface area contributed by atoms with Crippen molar-refractivity contribution in [2.24, 2.45) is 0 Å². The van der Waals surface area contributed by atoms with E-state index in [0.29, 0.717) is 23.0 Å². The van der Waals surface area contributed by atoms with Gasteiger partial charge in [-0.1, -0.05) is 18.7 Å². The number of benzene rings is 2. The summed E-state index contributed by atoms with van der Waals surface area (Å²) >= 11 is 1.54. The molecule has 0 radical (unpaired) electrons. The van der Waals surface area contributed by atoms with Crippen molar-refractivity contribution in [3.8, 4) is 11.6 Å². The number of nitrogens with one attached hydrogen (secondary N) is 2. The van der Waals surface area contributed by atoms with Crippen LogP contribution >= 0.6 is 11.3 Å². The Hall–Kier alpha value is -3.75. The molecule has 1 aliphatic heterocycles. The van der Waals surface area contributed by atoms with E-state index in [1.165, 1.54) is 6.08 Å². The Bertz CT molecular complexity index is 1410. The number of carbonyl (C=O) groups is 1. The van der Waals surface area contributed by atoms with Crippen LogP contribution in [0.2, 0.25) is 0 Å². The number of nitrogens with zero attached hydrogens (tertiary/aromatic N) is 2. The normalized spacial score (nSPS) is 14.5. The maximum Gasteiger partial charge on any atom is 0.247 e. The van der Waals surface area contributed by atoms with Gasteiger partial charge in [0.25, 0.3) is 0 Å². The molecule has 2 aromatic heterocycles. The van der Waals surface area contributed by atoms with E-state index in [4.69, 9.17) is 4.74 Å². The maximum atomic E-state index is 15.0. The van der Waals surface area contributed by atoms with Crippen LogP contribution in [0.3, 0.4) is 0 Å². The third kappa shape index (κ3) is 5.40. The van der Waals surface area contributed by atoms with Crippen molar-refractivity contribution in [3.63, 3.8) is 0 Å². The molecule has 8 heteroatoms. The predicted octanol–water partition coefficient (Wildman–Crippen LogP) is 6.91. The van der Waals surface area contributed by atoms with E-state index in [1.807, 2.05) is 24.3 Å². The summed E-state index contributed by atoms with van der Waals surface area (Å²) in [6.45, 7) is 5.46.